The summed E-state index contributed by atoms with van der Waals surface area (Å²) in [5.41, 5.74) is 0.200. The van der Waals surface area contributed by atoms with E-state index >= 15 is 0 Å². The zero-order valence-corrected chi connectivity index (χ0v) is 15.7. The number of benzene rings is 1. The van der Waals surface area contributed by atoms with Crippen molar-refractivity contribution in [2.45, 2.75) is 38.1 Å². The van der Waals surface area contributed by atoms with Crippen LogP contribution in [0.5, 0.6) is 5.75 Å². The molecular formula is C15H23NO5S2. The van der Waals surface area contributed by atoms with Crippen LogP contribution in [0.4, 0.5) is 0 Å². The highest BCUT2D eigenvalue weighted by Gasteiger charge is 2.45. The molecule has 1 aromatic rings. The lowest BCUT2D eigenvalue weighted by Crippen LogP contribution is -2.57. The molecule has 0 N–H and O–H groups in total. The lowest BCUT2D eigenvalue weighted by atomic mass is 10.1. The van der Waals surface area contributed by atoms with Crippen molar-refractivity contribution in [3.8, 4) is 5.75 Å². The summed E-state index contributed by atoms with van der Waals surface area (Å²) in [7, 11) is -5.49. The van der Waals surface area contributed by atoms with Gasteiger partial charge in [-0.05, 0) is 51.0 Å². The number of nitrogens with zero attached hydrogens (tertiary/aromatic N) is 1. The number of sulfone groups is 1. The maximum atomic E-state index is 13.1. The second-order valence-corrected chi connectivity index (χ2v) is 10.6. The predicted molar refractivity (Wildman–Crippen MR) is 89.1 cm³/mol. The molecule has 0 unspecified atom stereocenters. The summed E-state index contributed by atoms with van der Waals surface area (Å²) >= 11 is 0. The second-order valence-electron chi connectivity index (χ2n) is 6.57. The molecule has 6 nitrogen and oxygen atoms in total. The molecule has 1 aliphatic rings. The van der Waals surface area contributed by atoms with E-state index in [-0.39, 0.29) is 22.9 Å². The quantitative estimate of drug-likeness (QED) is 0.815. The van der Waals surface area contributed by atoms with E-state index in [9.17, 15) is 16.8 Å². The second kappa shape index (κ2) is 5.75. The number of methoxy groups -OCH3 is 1. The number of ether oxygens (including phenoxy) is 1. The predicted octanol–water partition coefficient (Wildman–Crippen LogP) is 1.51. The molecule has 1 aromatic carbocycles. The van der Waals surface area contributed by atoms with Crippen LogP contribution in [0.1, 0.15) is 25.0 Å². The Kier molecular flexibility index (Phi) is 4.56. The third kappa shape index (κ3) is 3.39. The largest absolute Gasteiger partial charge is 0.497 e. The Hall–Kier alpha value is -1.12. The summed E-state index contributed by atoms with van der Waals surface area (Å²) in [6.07, 6.45) is 0. The fourth-order valence-corrected chi connectivity index (χ4v) is 7.43. The molecule has 0 amide bonds. The first-order valence-corrected chi connectivity index (χ1v) is 10.6. The number of hydrogen-bond acceptors (Lipinski definition) is 5. The van der Waals surface area contributed by atoms with Crippen LogP contribution in [0.15, 0.2) is 17.0 Å². The molecule has 0 saturated carbocycles. The Bertz CT molecular complexity index is 802. The van der Waals surface area contributed by atoms with E-state index < -0.39 is 25.4 Å². The molecule has 2 rings (SSSR count). The van der Waals surface area contributed by atoms with Crippen molar-refractivity contribution in [1.29, 1.82) is 0 Å². The van der Waals surface area contributed by atoms with E-state index in [0.717, 1.165) is 0 Å². The summed E-state index contributed by atoms with van der Waals surface area (Å²) < 4.78 is 56.5. The fraction of sp³-hybridized carbons (Fsp3) is 0.600. The highest BCUT2D eigenvalue weighted by Crippen LogP contribution is 2.34. The first-order valence-electron chi connectivity index (χ1n) is 7.29. The number of aryl methyl sites for hydroxylation is 2. The van der Waals surface area contributed by atoms with Gasteiger partial charge in [0.2, 0.25) is 10.0 Å². The molecule has 0 atom stereocenters. The Morgan fingerprint density at radius 1 is 1.17 bits per heavy atom. The summed E-state index contributed by atoms with van der Waals surface area (Å²) in [5.74, 6) is 0.275. The number of sulfonamides is 1. The van der Waals surface area contributed by atoms with Crippen molar-refractivity contribution in [2.75, 3.05) is 25.2 Å². The van der Waals surface area contributed by atoms with E-state index in [4.69, 9.17) is 4.74 Å². The number of rotatable bonds is 3. The normalized spacial score (nSPS) is 21.1. The van der Waals surface area contributed by atoms with E-state index in [0.29, 0.717) is 16.9 Å². The molecule has 1 aliphatic heterocycles. The summed E-state index contributed by atoms with van der Waals surface area (Å²) in [4.78, 5) is 0.227. The zero-order chi connectivity index (χ0) is 17.6. The van der Waals surface area contributed by atoms with E-state index in [1.165, 1.54) is 11.4 Å². The molecule has 1 saturated heterocycles. The van der Waals surface area contributed by atoms with Crippen molar-refractivity contribution in [1.82, 2.24) is 4.31 Å². The molecule has 130 valence electrons. The van der Waals surface area contributed by atoms with Gasteiger partial charge in [0.15, 0.2) is 9.84 Å². The van der Waals surface area contributed by atoms with Crippen molar-refractivity contribution in [3.63, 3.8) is 0 Å². The van der Waals surface area contributed by atoms with Gasteiger partial charge in [-0.3, -0.25) is 0 Å². The number of hydrogen-bond donors (Lipinski definition) is 0. The first kappa shape index (κ1) is 18.2. The van der Waals surface area contributed by atoms with E-state index in [2.05, 4.69) is 0 Å². The van der Waals surface area contributed by atoms with Crippen molar-refractivity contribution >= 4 is 19.9 Å². The molecule has 0 radical (unpaired) electrons. The van der Waals surface area contributed by atoms with Crippen LogP contribution in [0.2, 0.25) is 0 Å². The van der Waals surface area contributed by atoms with Gasteiger partial charge in [0, 0.05) is 12.1 Å². The summed E-state index contributed by atoms with van der Waals surface area (Å²) in [6.45, 7) is 6.71. The molecule has 23 heavy (non-hydrogen) atoms. The minimum absolute atomic E-state index is 0.0252. The average Bonchev–Trinajstić information content (AvgIpc) is 2.34. The van der Waals surface area contributed by atoms with Crippen LogP contribution in [0, 0.1) is 13.8 Å². The van der Waals surface area contributed by atoms with E-state index in [1.807, 2.05) is 0 Å². The lowest BCUT2D eigenvalue weighted by molar-refractivity contribution is 0.251. The average molecular weight is 361 g/mol. The maximum absolute atomic E-state index is 13.1. The van der Waals surface area contributed by atoms with Crippen LogP contribution in [-0.2, 0) is 19.9 Å². The molecule has 0 aliphatic carbocycles. The summed E-state index contributed by atoms with van der Waals surface area (Å²) in [5, 5.41) is 0. The monoisotopic (exact) mass is 361 g/mol. The molecular weight excluding hydrogens is 338 g/mol. The SMILES string of the molecule is COc1cc(C)c(S(=O)(=O)N2CCS(=O)(=O)CC2(C)C)c(C)c1. The minimum Gasteiger partial charge on any atom is -0.497 e. The van der Waals surface area contributed by atoms with Crippen LogP contribution in [-0.4, -0.2) is 51.8 Å². The zero-order valence-electron chi connectivity index (χ0n) is 14.1. The Labute approximate surface area is 138 Å². The van der Waals surface area contributed by atoms with Crippen LogP contribution in [0.3, 0.4) is 0 Å². The van der Waals surface area contributed by atoms with Gasteiger partial charge >= 0.3 is 0 Å². The standard InChI is InChI=1S/C15H23NO5S2/c1-11-8-13(21-5)9-12(2)14(11)23(19,20)16-6-7-22(17,18)10-15(16,3)4/h8-9H,6-7,10H2,1-5H3. The molecule has 0 bridgehead atoms. The highest BCUT2D eigenvalue weighted by atomic mass is 32.2. The topological polar surface area (TPSA) is 80.8 Å². The van der Waals surface area contributed by atoms with Crippen LogP contribution >= 0.6 is 0 Å². The third-order valence-corrected chi connectivity index (χ3v) is 8.44. The lowest BCUT2D eigenvalue weighted by Gasteiger charge is -2.41. The molecule has 1 fully saturated rings. The van der Waals surface area contributed by atoms with Gasteiger partial charge in [-0.2, -0.15) is 4.31 Å². The Morgan fingerprint density at radius 2 is 1.70 bits per heavy atom. The van der Waals surface area contributed by atoms with E-state index in [1.54, 1.807) is 39.8 Å². The molecule has 1 heterocycles. The van der Waals surface area contributed by atoms with Crippen molar-refractivity contribution < 1.29 is 21.6 Å². The van der Waals surface area contributed by atoms with Gasteiger partial charge < -0.3 is 4.74 Å². The Balaban J connectivity index is 2.56. The third-order valence-electron chi connectivity index (χ3n) is 4.07. The van der Waals surface area contributed by atoms with Gasteiger partial charge in [-0.15, -0.1) is 0 Å². The summed E-state index contributed by atoms with van der Waals surface area (Å²) in [6, 6.07) is 3.35. The van der Waals surface area contributed by atoms with Gasteiger partial charge in [0.25, 0.3) is 0 Å². The smallest absolute Gasteiger partial charge is 0.244 e. The van der Waals surface area contributed by atoms with Crippen LogP contribution < -0.4 is 4.74 Å². The van der Waals surface area contributed by atoms with Gasteiger partial charge in [0.1, 0.15) is 5.75 Å². The van der Waals surface area contributed by atoms with Gasteiger partial charge in [-0.25, -0.2) is 16.8 Å². The van der Waals surface area contributed by atoms with Gasteiger partial charge in [0.05, 0.1) is 23.5 Å². The van der Waals surface area contributed by atoms with Crippen molar-refractivity contribution in [2.24, 2.45) is 0 Å². The fourth-order valence-electron chi connectivity index (χ4n) is 3.20. The Morgan fingerprint density at radius 3 is 2.13 bits per heavy atom. The highest BCUT2D eigenvalue weighted by molar-refractivity contribution is 7.92. The maximum Gasteiger partial charge on any atom is 0.244 e. The minimum atomic E-state index is -3.79. The molecule has 0 spiro atoms. The van der Waals surface area contributed by atoms with Crippen LogP contribution in [0.25, 0.3) is 0 Å². The first-order chi connectivity index (χ1) is 10.4. The van der Waals surface area contributed by atoms with Crippen molar-refractivity contribution in [3.05, 3.63) is 23.3 Å². The molecule has 8 heteroatoms. The van der Waals surface area contributed by atoms with Gasteiger partial charge in [-0.1, -0.05) is 0 Å². The molecule has 0 aromatic heterocycles.